The van der Waals surface area contributed by atoms with Crippen molar-refractivity contribution in [3.05, 3.63) is 11.6 Å². The van der Waals surface area contributed by atoms with Crippen LogP contribution in [0, 0.1) is 0 Å². The highest BCUT2D eigenvalue weighted by Gasteiger charge is 2.01. The number of rotatable bonds is 7. The summed E-state index contributed by atoms with van der Waals surface area (Å²) in [5, 5.41) is 8.71. The highest BCUT2D eigenvalue weighted by molar-refractivity contribution is 5.86. The predicted molar refractivity (Wildman–Crippen MR) is 54.8 cm³/mol. The number of allylic oxidation sites excluding steroid dienone is 1. The largest absolute Gasteiger partial charge is 0.478 e. The minimum absolute atomic E-state index is 0.552. The van der Waals surface area contributed by atoms with Crippen molar-refractivity contribution >= 4 is 5.97 Å². The Hall–Kier alpha value is -0.790. The van der Waals surface area contributed by atoms with Gasteiger partial charge in [0.2, 0.25) is 0 Å². The minimum Gasteiger partial charge on any atom is -0.478 e. The van der Waals surface area contributed by atoms with Crippen LogP contribution in [0.25, 0.3) is 0 Å². The maximum atomic E-state index is 10.6. The van der Waals surface area contributed by atoms with Gasteiger partial charge >= 0.3 is 5.97 Å². The molecule has 1 N–H and O–H groups in total. The molecule has 0 aliphatic rings. The van der Waals surface area contributed by atoms with Crippen molar-refractivity contribution in [3.63, 3.8) is 0 Å². The minimum atomic E-state index is -0.766. The molecule has 0 aromatic carbocycles. The Morgan fingerprint density at radius 1 is 1.23 bits per heavy atom. The molecule has 0 spiro atoms. The van der Waals surface area contributed by atoms with E-state index in [-0.39, 0.29) is 0 Å². The Balaban J connectivity index is 3.61. The summed E-state index contributed by atoms with van der Waals surface area (Å²) in [7, 11) is 0. The molecular formula is C11H20O2. The van der Waals surface area contributed by atoms with Crippen molar-refractivity contribution in [1.82, 2.24) is 0 Å². The summed E-state index contributed by atoms with van der Waals surface area (Å²) in [6, 6.07) is 0. The molecule has 2 heteroatoms. The highest BCUT2D eigenvalue weighted by Crippen LogP contribution is 2.07. The van der Waals surface area contributed by atoms with Crippen LogP contribution in [-0.4, -0.2) is 11.1 Å². The van der Waals surface area contributed by atoms with Gasteiger partial charge < -0.3 is 5.11 Å². The zero-order valence-electron chi connectivity index (χ0n) is 8.68. The molecule has 0 aliphatic heterocycles. The van der Waals surface area contributed by atoms with E-state index >= 15 is 0 Å². The maximum absolute atomic E-state index is 10.6. The highest BCUT2D eigenvalue weighted by atomic mass is 16.4. The summed E-state index contributed by atoms with van der Waals surface area (Å²) in [5.74, 6) is -0.766. The Morgan fingerprint density at radius 2 is 1.92 bits per heavy atom. The van der Waals surface area contributed by atoms with Crippen LogP contribution in [0.15, 0.2) is 11.6 Å². The van der Waals surface area contributed by atoms with Crippen LogP contribution >= 0.6 is 0 Å². The van der Waals surface area contributed by atoms with Crippen molar-refractivity contribution in [2.45, 2.75) is 52.4 Å². The van der Waals surface area contributed by atoms with Crippen LogP contribution in [0.4, 0.5) is 0 Å². The molecule has 0 heterocycles. The van der Waals surface area contributed by atoms with Crippen molar-refractivity contribution in [1.29, 1.82) is 0 Å². The smallest absolute Gasteiger partial charge is 0.331 e. The first-order chi connectivity index (χ1) is 6.22. The van der Waals surface area contributed by atoms with E-state index in [1.54, 1.807) is 0 Å². The second-order valence-corrected chi connectivity index (χ2v) is 3.24. The van der Waals surface area contributed by atoms with Crippen LogP contribution in [0.5, 0.6) is 0 Å². The van der Waals surface area contributed by atoms with E-state index < -0.39 is 5.97 Å². The Bertz CT molecular complexity index is 171. The topological polar surface area (TPSA) is 37.3 Å². The molecule has 0 aromatic rings. The number of unbranched alkanes of at least 4 members (excludes halogenated alkanes) is 4. The zero-order chi connectivity index (χ0) is 10.1. The van der Waals surface area contributed by atoms with E-state index in [9.17, 15) is 4.79 Å². The molecule has 0 rings (SSSR count). The number of carboxylic acids is 1. The summed E-state index contributed by atoms with van der Waals surface area (Å²) in [5.41, 5.74) is 0.552. The first-order valence-electron chi connectivity index (χ1n) is 5.14. The van der Waals surface area contributed by atoms with Crippen LogP contribution in [0.2, 0.25) is 0 Å². The third-order valence-corrected chi connectivity index (χ3v) is 2.10. The second kappa shape index (κ2) is 7.84. The standard InChI is InChI=1S/C11H20O2/c1-3-5-6-7-8-9-10(4-2)11(12)13/h9H,3-8H2,1-2H3,(H,12,13)/b10-9+. The lowest BCUT2D eigenvalue weighted by Gasteiger charge is -1.98. The van der Waals surface area contributed by atoms with Gasteiger partial charge in [-0.15, -0.1) is 0 Å². The van der Waals surface area contributed by atoms with E-state index in [0.29, 0.717) is 12.0 Å². The average Bonchev–Trinajstić information content (AvgIpc) is 2.10. The van der Waals surface area contributed by atoms with Crippen molar-refractivity contribution < 1.29 is 9.90 Å². The summed E-state index contributed by atoms with van der Waals surface area (Å²) in [6.07, 6.45) is 8.20. The monoisotopic (exact) mass is 184 g/mol. The first kappa shape index (κ1) is 12.2. The van der Waals surface area contributed by atoms with Crippen molar-refractivity contribution in [2.75, 3.05) is 0 Å². The fourth-order valence-corrected chi connectivity index (χ4v) is 1.23. The van der Waals surface area contributed by atoms with Crippen molar-refractivity contribution in [2.24, 2.45) is 0 Å². The second-order valence-electron chi connectivity index (χ2n) is 3.24. The Morgan fingerprint density at radius 3 is 2.38 bits per heavy atom. The van der Waals surface area contributed by atoms with Gasteiger partial charge in [0, 0.05) is 5.57 Å². The van der Waals surface area contributed by atoms with E-state index in [1.165, 1.54) is 19.3 Å². The molecule has 0 fully saturated rings. The number of hydrogen-bond acceptors (Lipinski definition) is 1. The number of carbonyl (C=O) groups is 1. The van der Waals surface area contributed by atoms with E-state index in [2.05, 4.69) is 6.92 Å². The molecular weight excluding hydrogens is 164 g/mol. The Kier molecular flexibility index (Phi) is 7.36. The molecule has 2 nitrogen and oxygen atoms in total. The summed E-state index contributed by atoms with van der Waals surface area (Å²) < 4.78 is 0. The third kappa shape index (κ3) is 6.38. The molecule has 0 atom stereocenters. The van der Waals surface area contributed by atoms with Gasteiger partial charge in [-0.1, -0.05) is 39.2 Å². The van der Waals surface area contributed by atoms with Gasteiger partial charge in [-0.2, -0.15) is 0 Å². The number of aliphatic carboxylic acids is 1. The van der Waals surface area contributed by atoms with Gasteiger partial charge in [-0.3, -0.25) is 0 Å². The maximum Gasteiger partial charge on any atom is 0.331 e. The normalized spacial score (nSPS) is 11.7. The SMILES string of the molecule is CCCCCC/C=C(\CC)C(=O)O. The quantitative estimate of drug-likeness (QED) is 0.486. The number of carboxylic acid groups (broad SMARTS) is 1. The molecule has 0 radical (unpaired) electrons. The fourth-order valence-electron chi connectivity index (χ4n) is 1.23. The predicted octanol–water partition coefficient (Wildman–Crippen LogP) is 3.38. The molecule has 0 bridgehead atoms. The van der Waals surface area contributed by atoms with Crippen LogP contribution in [-0.2, 0) is 4.79 Å². The summed E-state index contributed by atoms with van der Waals surface area (Å²) >= 11 is 0. The van der Waals surface area contributed by atoms with Gasteiger partial charge in [0.05, 0.1) is 0 Å². The van der Waals surface area contributed by atoms with Crippen LogP contribution in [0.3, 0.4) is 0 Å². The molecule has 76 valence electrons. The molecule has 0 saturated carbocycles. The van der Waals surface area contributed by atoms with Gasteiger partial charge in [0.25, 0.3) is 0 Å². The van der Waals surface area contributed by atoms with Gasteiger partial charge in [-0.05, 0) is 19.3 Å². The average molecular weight is 184 g/mol. The summed E-state index contributed by atoms with van der Waals surface area (Å²) in [6.45, 7) is 4.05. The Labute approximate surface area is 80.7 Å². The van der Waals surface area contributed by atoms with E-state index in [1.807, 2.05) is 13.0 Å². The van der Waals surface area contributed by atoms with Gasteiger partial charge in [0.1, 0.15) is 0 Å². The van der Waals surface area contributed by atoms with E-state index in [0.717, 1.165) is 12.8 Å². The van der Waals surface area contributed by atoms with Crippen LogP contribution < -0.4 is 0 Å². The molecule has 0 aromatic heterocycles. The van der Waals surface area contributed by atoms with Gasteiger partial charge in [-0.25, -0.2) is 4.79 Å². The third-order valence-electron chi connectivity index (χ3n) is 2.10. The van der Waals surface area contributed by atoms with Gasteiger partial charge in [0.15, 0.2) is 0 Å². The lowest BCUT2D eigenvalue weighted by Crippen LogP contribution is -1.98. The van der Waals surface area contributed by atoms with E-state index in [4.69, 9.17) is 5.11 Å². The summed E-state index contributed by atoms with van der Waals surface area (Å²) in [4.78, 5) is 10.6. The molecule has 0 amide bonds. The lowest BCUT2D eigenvalue weighted by atomic mass is 10.1. The fraction of sp³-hybridized carbons (Fsp3) is 0.727. The number of hydrogen-bond donors (Lipinski definition) is 1. The van der Waals surface area contributed by atoms with Crippen molar-refractivity contribution in [3.8, 4) is 0 Å². The zero-order valence-corrected chi connectivity index (χ0v) is 8.68. The first-order valence-corrected chi connectivity index (χ1v) is 5.14. The molecule has 13 heavy (non-hydrogen) atoms. The lowest BCUT2D eigenvalue weighted by molar-refractivity contribution is -0.132. The molecule has 0 saturated heterocycles. The van der Waals surface area contributed by atoms with Crippen LogP contribution in [0.1, 0.15) is 52.4 Å². The molecule has 0 aliphatic carbocycles. The molecule has 0 unspecified atom stereocenters.